The van der Waals surface area contributed by atoms with Crippen molar-refractivity contribution >= 4 is 17.5 Å². The highest BCUT2D eigenvalue weighted by atomic mass is 35.5. The van der Waals surface area contributed by atoms with E-state index in [0.29, 0.717) is 36.2 Å². The molecule has 154 valence electrons. The molecule has 2 aliphatic rings. The summed E-state index contributed by atoms with van der Waals surface area (Å²) in [5.41, 5.74) is 2.18. The van der Waals surface area contributed by atoms with E-state index < -0.39 is 0 Å². The van der Waals surface area contributed by atoms with E-state index in [9.17, 15) is 4.79 Å². The van der Waals surface area contributed by atoms with Crippen LogP contribution in [-0.4, -0.2) is 55.1 Å². The molecule has 2 heterocycles. The van der Waals surface area contributed by atoms with Crippen LogP contribution in [0.4, 0.5) is 0 Å². The molecule has 0 aromatic heterocycles. The molecule has 2 aromatic carbocycles. The lowest BCUT2D eigenvalue weighted by Crippen LogP contribution is -2.36. The molecule has 1 amide bonds. The fourth-order valence-electron chi connectivity index (χ4n) is 3.89. The second kappa shape index (κ2) is 9.51. The van der Waals surface area contributed by atoms with Crippen LogP contribution in [0.1, 0.15) is 24.0 Å². The van der Waals surface area contributed by atoms with E-state index in [4.69, 9.17) is 21.1 Å². The van der Waals surface area contributed by atoms with Crippen molar-refractivity contribution in [2.24, 2.45) is 0 Å². The fraction of sp³-hybridized carbons (Fsp3) is 0.435. The van der Waals surface area contributed by atoms with Gasteiger partial charge in [-0.2, -0.15) is 0 Å². The van der Waals surface area contributed by atoms with Gasteiger partial charge in [-0.15, -0.1) is 0 Å². The number of rotatable bonds is 4. The maximum Gasteiger partial charge on any atom is 0.227 e. The van der Waals surface area contributed by atoms with Gasteiger partial charge in [-0.25, -0.2) is 0 Å². The molecular formula is C23H27ClN2O3. The quantitative estimate of drug-likeness (QED) is 0.763. The second-order valence-corrected chi connectivity index (χ2v) is 8.04. The average molecular weight is 415 g/mol. The van der Waals surface area contributed by atoms with Gasteiger partial charge in [0.2, 0.25) is 5.91 Å². The minimum Gasteiger partial charge on any atom is -0.489 e. The van der Waals surface area contributed by atoms with Gasteiger partial charge in [0, 0.05) is 39.1 Å². The molecule has 0 spiro atoms. The molecule has 0 N–H and O–H groups in total. The summed E-state index contributed by atoms with van der Waals surface area (Å²) in [6.45, 7) is 5.58. The SMILES string of the molecule is O=C(Cc1cc(Cl)c2c(c1)OCCCO2)N1CCCN(Cc2ccccc2)CC1. The molecule has 4 rings (SSSR count). The van der Waals surface area contributed by atoms with Crippen LogP contribution < -0.4 is 9.47 Å². The molecule has 0 radical (unpaired) electrons. The van der Waals surface area contributed by atoms with Crippen LogP contribution in [0.2, 0.25) is 5.02 Å². The minimum absolute atomic E-state index is 0.136. The molecule has 0 saturated carbocycles. The Bertz CT molecular complexity index is 844. The first-order valence-corrected chi connectivity index (χ1v) is 10.7. The van der Waals surface area contributed by atoms with Gasteiger partial charge < -0.3 is 14.4 Å². The summed E-state index contributed by atoms with van der Waals surface area (Å²) in [6, 6.07) is 14.2. The molecule has 0 unspecified atom stereocenters. The number of hydrogen-bond donors (Lipinski definition) is 0. The van der Waals surface area contributed by atoms with Crippen LogP contribution in [0.5, 0.6) is 11.5 Å². The number of halogens is 1. The predicted octanol–water partition coefficient (Wildman–Crippen LogP) is 3.78. The smallest absolute Gasteiger partial charge is 0.227 e. The van der Waals surface area contributed by atoms with E-state index in [1.165, 1.54) is 5.56 Å². The summed E-state index contributed by atoms with van der Waals surface area (Å²) in [5.74, 6) is 1.37. The lowest BCUT2D eigenvalue weighted by atomic mass is 10.1. The lowest BCUT2D eigenvalue weighted by Gasteiger charge is -2.22. The number of benzene rings is 2. The largest absolute Gasteiger partial charge is 0.489 e. The molecule has 6 heteroatoms. The van der Waals surface area contributed by atoms with Gasteiger partial charge in [-0.05, 0) is 29.7 Å². The van der Waals surface area contributed by atoms with Crippen molar-refractivity contribution < 1.29 is 14.3 Å². The summed E-state index contributed by atoms with van der Waals surface area (Å²) in [5, 5.41) is 0.511. The first-order valence-electron chi connectivity index (χ1n) is 10.3. The number of fused-ring (bicyclic) bond motifs is 1. The van der Waals surface area contributed by atoms with E-state index in [-0.39, 0.29) is 5.91 Å². The van der Waals surface area contributed by atoms with Gasteiger partial charge in [0.1, 0.15) is 0 Å². The molecule has 0 bridgehead atoms. The predicted molar refractivity (Wildman–Crippen MR) is 114 cm³/mol. The van der Waals surface area contributed by atoms with E-state index >= 15 is 0 Å². The summed E-state index contributed by atoms with van der Waals surface area (Å²) < 4.78 is 11.4. The van der Waals surface area contributed by atoms with Gasteiger partial charge in [0.05, 0.1) is 24.7 Å². The molecule has 1 saturated heterocycles. The zero-order chi connectivity index (χ0) is 20.1. The Hall–Kier alpha value is -2.24. The monoisotopic (exact) mass is 414 g/mol. The van der Waals surface area contributed by atoms with Gasteiger partial charge in [-0.3, -0.25) is 9.69 Å². The topological polar surface area (TPSA) is 42.0 Å². The summed E-state index contributed by atoms with van der Waals surface area (Å²) >= 11 is 6.37. The molecule has 2 aliphatic heterocycles. The molecule has 5 nitrogen and oxygen atoms in total. The number of nitrogens with zero attached hydrogens (tertiary/aromatic N) is 2. The van der Waals surface area contributed by atoms with Crippen LogP contribution in [-0.2, 0) is 17.8 Å². The highest BCUT2D eigenvalue weighted by Gasteiger charge is 2.21. The Labute approximate surface area is 177 Å². The third kappa shape index (κ3) is 5.22. The van der Waals surface area contributed by atoms with Crippen molar-refractivity contribution in [3.8, 4) is 11.5 Å². The van der Waals surface area contributed by atoms with Gasteiger partial charge in [-0.1, -0.05) is 41.9 Å². The number of ether oxygens (including phenoxy) is 2. The van der Waals surface area contributed by atoms with Crippen molar-refractivity contribution in [2.75, 3.05) is 39.4 Å². The first-order chi connectivity index (χ1) is 14.2. The summed E-state index contributed by atoms with van der Waals surface area (Å²) in [6.07, 6.45) is 2.14. The third-order valence-corrected chi connectivity index (χ3v) is 5.69. The molecule has 0 aliphatic carbocycles. The normalized spacial score (nSPS) is 17.5. The Morgan fingerprint density at radius 1 is 0.931 bits per heavy atom. The Morgan fingerprint density at radius 2 is 1.76 bits per heavy atom. The lowest BCUT2D eigenvalue weighted by molar-refractivity contribution is -0.130. The van der Waals surface area contributed by atoms with Crippen LogP contribution in [0, 0.1) is 0 Å². The number of amides is 1. The molecule has 1 fully saturated rings. The highest BCUT2D eigenvalue weighted by molar-refractivity contribution is 6.32. The van der Waals surface area contributed by atoms with E-state index in [0.717, 1.165) is 51.1 Å². The van der Waals surface area contributed by atoms with Crippen LogP contribution in [0.25, 0.3) is 0 Å². The summed E-state index contributed by atoms with van der Waals surface area (Å²) in [7, 11) is 0. The Kier molecular flexibility index (Phi) is 6.57. The van der Waals surface area contributed by atoms with Crippen molar-refractivity contribution in [1.29, 1.82) is 0 Å². The highest BCUT2D eigenvalue weighted by Crippen LogP contribution is 2.38. The fourth-order valence-corrected chi connectivity index (χ4v) is 4.18. The molecule has 29 heavy (non-hydrogen) atoms. The van der Waals surface area contributed by atoms with Gasteiger partial charge in [0.25, 0.3) is 0 Å². The average Bonchev–Trinajstić information content (AvgIpc) is 3.10. The van der Waals surface area contributed by atoms with Crippen LogP contribution >= 0.6 is 11.6 Å². The zero-order valence-electron chi connectivity index (χ0n) is 16.6. The number of carbonyl (C=O) groups excluding carboxylic acids is 1. The van der Waals surface area contributed by atoms with Crippen molar-refractivity contribution in [2.45, 2.75) is 25.8 Å². The summed E-state index contributed by atoms with van der Waals surface area (Å²) in [4.78, 5) is 17.3. The number of hydrogen-bond acceptors (Lipinski definition) is 4. The zero-order valence-corrected chi connectivity index (χ0v) is 17.4. The van der Waals surface area contributed by atoms with E-state index in [1.807, 2.05) is 23.1 Å². The van der Waals surface area contributed by atoms with Crippen LogP contribution in [0.15, 0.2) is 42.5 Å². The van der Waals surface area contributed by atoms with Gasteiger partial charge >= 0.3 is 0 Å². The third-order valence-electron chi connectivity index (χ3n) is 5.41. The van der Waals surface area contributed by atoms with Crippen molar-refractivity contribution in [1.82, 2.24) is 9.80 Å². The molecule has 2 aromatic rings. The maximum atomic E-state index is 12.9. The standard InChI is InChI=1S/C23H27ClN2O3/c24-20-14-19(15-21-23(20)29-13-5-12-28-21)16-22(27)26-9-4-8-25(10-11-26)17-18-6-2-1-3-7-18/h1-3,6-7,14-15H,4-5,8-13,16-17H2. The van der Waals surface area contributed by atoms with E-state index in [2.05, 4.69) is 29.2 Å². The van der Waals surface area contributed by atoms with Crippen molar-refractivity contribution in [3.05, 3.63) is 58.6 Å². The maximum absolute atomic E-state index is 12.9. The second-order valence-electron chi connectivity index (χ2n) is 7.63. The van der Waals surface area contributed by atoms with Gasteiger partial charge in [0.15, 0.2) is 11.5 Å². The van der Waals surface area contributed by atoms with Crippen LogP contribution in [0.3, 0.4) is 0 Å². The van der Waals surface area contributed by atoms with Crippen molar-refractivity contribution in [3.63, 3.8) is 0 Å². The molecular weight excluding hydrogens is 388 g/mol. The Morgan fingerprint density at radius 3 is 2.62 bits per heavy atom. The minimum atomic E-state index is 0.136. The number of carbonyl (C=O) groups is 1. The molecule has 0 atom stereocenters. The Balaban J connectivity index is 1.36. The first kappa shape index (κ1) is 20.0. The van der Waals surface area contributed by atoms with E-state index in [1.54, 1.807) is 0 Å².